The average Bonchev–Trinajstić information content (AvgIpc) is 2.89. The molecule has 0 aliphatic rings. The van der Waals surface area contributed by atoms with Crippen LogP contribution in [-0.4, -0.2) is 21.3 Å². The molecule has 4 nitrogen and oxygen atoms in total. The zero-order valence-electron chi connectivity index (χ0n) is 12.4. The van der Waals surface area contributed by atoms with E-state index in [4.69, 9.17) is 34.0 Å². The van der Waals surface area contributed by atoms with Crippen molar-refractivity contribution < 1.29 is 5.11 Å². The van der Waals surface area contributed by atoms with E-state index in [1.807, 2.05) is 12.4 Å². The van der Waals surface area contributed by atoms with Gasteiger partial charge in [0, 0.05) is 30.3 Å². The van der Waals surface area contributed by atoms with Gasteiger partial charge in [-0.1, -0.05) is 36.0 Å². The summed E-state index contributed by atoms with van der Waals surface area (Å²) in [4.78, 5) is 4.48. The van der Waals surface area contributed by atoms with Crippen LogP contribution in [0.15, 0.2) is 24.5 Å². The summed E-state index contributed by atoms with van der Waals surface area (Å²) in [6.45, 7) is 1.54. The third kappa shape index (κ3) is 4.23. The zero-order valence-corrected chi connectivity index (χ0v) is 13.9. The Morgan fingerprint density at radius 3 is 2.59 bits per heavy atom. The van der Waals surface area contributed by atoms with Crippen molar-refractivity contribution in [2.75, 3.05) is 6.61 Å². The molecule has 0 bridgehead atoms. The van der Waals surface area contributed by atoms with Gasteiger partial charge in [-0.25, -0.2) is 4.98 Å². The van der Waals surface area contributed by atoms with Crippen LogP contribution in [0.1, 0.15) is 31.4 Å². The van der Waals surface area contributed by atoms with Crippen LogP contribution in [0.2, 0.25) is 10.0 Å². The molecule has 22 heavy (non-hydrogen) atoms. The van der Waals surface area contributed by atoms with Crippen molar-refractivity contribution >= 4 is 23.2 Å². The van der Waals surface area contributed by atoms with Crippen LogP contribution in [0.4, 0.5) is 0 Å². The predicted octanol–water partition coefficient (Wildman–Crippen LogP) is 3.87. The third-order valence-electron chi connectivity index (χ3n) is 3.63. The Kier molecular flexibility index (Phi) is 6.70. The van der Waals surface area contributed by atoms with Crippen molar-refractivity contribution in [3.63, 3.8) is 0 Å². The first kappa shape index (κ1) is 17.3. The molecule has 0 amide bonds. The fourth-order valence-corrected chi connectivity index (χ4v) is 2.97. The second-order valence-corrected chi connectivity index (χ2v) is 6.04. The van der Waals surface area contributed by atoms with E-state index in [1.54, 1.807) is 12.1 Å². The highest BCUT2D eigenvalue weighted by Gasteiger charge is 2.14. The summed E-state index contributed by atoms with van der Waals surface area (Å²) in [5.41, 5.74) is 8.55. The SMILES string of the molecule is NCc1c(-c2ccc(Cl)cc2Cl)ncn1CCCCCCO. The molecule has 1 aromatic heterocycles. The molecule has 0 spiro atoms. The largest absolute Gasteiger partial charge is 0.396 e. The number of aryl methyl sites for hydroxylation is 1. The molecule has 0 saturated heterocycles. The van der Waals surface area contributed by atoms with Crippen LogP contribution in [0.5, 0.6) is 0 Å². The number of aliphatic hydroxyl groups is 1. The van der Waals surface area contributed by atoms with Gasteiger partial charge in [0.25, 0.3) is 0 Å². The summed E-state index contributed by atoms with van der Waals surface area (Å²) < 4.78 is 2.08. The number of imidazole rings is 1. The van der Waals surface area contributed by atoms with Crippen LogP contribution in [0.3, 0.4) is 0 Å². The summed E-state index contributed by atoms with van der Waals surface area (Å²) in [6.07, 6.45) is 5.84. The number of halogens is 2. The molecule has 3 N–H and O–H groups in total. The third-order valence-corrected chi connectivity index (χ3v) is 4.18. The molecule has 120 valence electrons. The summed E-state index contributed by atoms with van der Waals surface area (Å²) in [6, 6.07) is 5.39. The molecule has 0 atom stereocenters. The van der Waals surface area contributed by atoms with Crippen molar-refractivity contribution in [2.24, 2.45) is 5.73 Å². The van der Waals surface area contributed by atoms with Crippen LogP contribution in [-0.2, 0) is 13.1 Å². The summed E-state index contributed by atoms with van der Waals surface area (Å²) in [7, 11) is 0. The lowest BCUT2D eigenvalue weighted by Gasteiger charge is -2.09. The molecule has 1 heterocycles. The Morgan fingerprint density at radius 1 is 1.14 bits per heavy atom. The van der Waals surface area contributed by atoms with E-state index >= 15 is 0 Å². The van der Waals surface area contributed by atoms with E-state index in [2.05, 4.69) is 9.55 Å². The van der Waals surface area contributed by atoms with Crippen molar-refractivity contribution in [1.82, 2.24) is 9.55 Å². The molecular formula is C16H21Cl2N3O. The van der Waals surface area contributed by atoms with Crippen molar-refractivity contribution in [3.8, 4) is 11.3 Å². The summed E-state index contributed by atoms with van der Waals surface area (Å²) >= 11 is 12.2. The van der Waals surface area contributed by atoms with E-state index in [0.29, 0.717) is 16.6 Å². The molecule has 0 unspecified atom stereocenters. The second-order valence-electron chi connectivity index (χ2n) is 5.20. The van der Waals surface area contributed by atoms with Crippen LogP contribution < -0.4 is 5.73 Å². The Morgan fingerprint density at radius 2 is 1.91 bits per heavy atom. The molecule has 2 rings (SSSR count). The minimum absolute atomic E-state index is 0.262. The van der Waals surface area contributed by atoms with Gasteiger partial charge in [-0.3, -0.25) is 0 Å². The lowest BCUT2D eigenvalue weighted by Crippen LogP contribution is -2.08. The molecular weight excluding hydrogens is 321 g/mol. The Balaban J connectivity index is 2.13. The highest BCUT2D eigenvalue weighted by molar-refractivity contribution is 6.36. The van der Waals surface area contributed by atoms with Crippen molar-refractivity contribution in [1.29, 1.82) is 0 Å². The van der Waals surface area contributed by atoms with Crippen LogP contribution in [0, 0.1) is 0 Å². The van der Waals surface area contributed by atoms with Crippen LogP contribution in [0.25, 0.3) is 11.3 Å². The quantitative estimate of drug-likeness (QED) is 0.716. The Bertz CT molecular complexity index is 613. The van der Waals surface area contributed by atoms with Gasteiger partial charge < -0.3 is 15.4 Å². The molecule has 0 aliphatic carbocycles. The van der Waals surface area contributed by atoms with Gasteiger partial charge in [0.15, 0.2) is 0 Å². The van der Waals surface area contributed by atoms with Gasteiger partial charge >= 0.3 is 0 Å². The summed E-state index contributed by atoms with van der Waals surface area (Å²) in [5, 5.41) is 9.97. The van der Waals surface area contributed by atoms with E-state index in [1.165, 1.54) is 0 Å². The highest BCUT2D eigenvalue weighted by atomic mass is 35.5. The second kappa shape index (κ2) is 8.53. The van der Waals surface area contributed by atoms with Crippen molar-refractivity contribution in [3.05, 3.63) is 40.3 Å². The Labute approximate surface area is 140 Å². The van der Waals surface area contributed by atoms with Gasteiger partial charge in [0.05, 0.1) is 22.7 Å². The average molecular weight is 342 g/mol. The normalized spacial score (nSPS) is 11.1. The molecule has 0 radical (unpaired) electrons. The van der Waals surface area contributed by atoms with Crippen LogP contribution >= 0.6 is 23.2 Å². The Hall–Kier alpha value is -1.07. The standard InChI is InChI=1S/C16H21Cl2N3O/c17-12-5-6-13(14(18)9-12)16-15(10-19)21(11-20-16)7-3-1-2-4-8-22/h5-6,9,11,22H,1-4,7-8,10,19H2. The number of nitrogens with two attached hydrogens (primary N) is 1. The molecule has 0 saturated carbocycles. The van der Waals surface area contributed by atoms with E-state index in [9.17, 15) is 0 Å². The van der Waals surface area contributed by atoms with Gasteiger partial charge in [-0.15, -0.1) is 0 Å². The van der Waals surface area contributed by atoms with Crippen molar-refractivity contribution in [2.45, 2.75) is 38.8 Å². The maximum atomic E-state index is 8.79. The lowest BCUT2D eigenvalue weighted by molar-refractivity contribution is 0.282. The number of benzene rings is 1. The monoisotopic (exact) mass is 341 g/mol. The molecule has 6 heteroatoms. The summed E-state index contributed by atoms with van der Waals surface area (Å²) in [5.74, 6) is 0. The number of nitrogens with zero attached hydrogens (tertiary/aromatic N) is 2. The lowest BCUT2D eigenvalue weighted by atomic mass is 10.1. The van der Waals surface area contributed by atoms with Gasteiger partial charge in [0.2, 0.25) is 0 Å². The van der Waals surface area contributed by atoms with Gasteiger partial charge in [-0.2, -0.15) is 0 Å². The van der Waals surface area contributed by atoms with Gasteiger partial charge in [0.1, 0.15) is 0 Å². The predicted molar refractivity (Wildman–Crippen MR) is 91.1 cm³/mol. The minimum atomic E-state index is 0.262. The fourth-order valence-electron chi connectivity index (χ4n) is 2.47. The topological polar surface area (TPSA) is 64.1 Å². The first-order chi connectivity index (χ1) is 10.7. The molecule has 2 aromatic rings. The minimum Gasteiger partial charge on any atom is -0.396 e. The number of aromatic nitrogens is 2. The van der Waals surface area contributed by atoms with E-state index in [-0.39, 0.29) is 6.61 Å². The van der Waals surface area contributed by atoms with E-state index < -0.39 is 0 Å². The number of hydrogen-bond acceptors (Lipinski definition) is 3. The zero-order chi connectivity index (χ0) is 15.9. The molecule has 1 aromatic carbocycles. The number of rotatable bonds is 8. The number of unbranched alkanes of at least 4 members (excludes halogenated alkanes) is 3. The molecule has 0 aliphatic heterocycles. The number of aliphatic hydroxyl groups excluding tert-OH is 1. The highest BCUT2D eigenvalue weighted by Crippen LogP contribution is 2.31. The fraction of sp³-hybridized carbons (Fsp3) is 0.438. The smallest absolute Gasteiger partial charge is 0.0956 e. The first-order valence-electron chi connectivity index (χ1n) is 7.47. The number of hydrogen-bond donors (Lipinski definition) is 2. The van der Waals surface area contributed by atoms with Gasteiger partial charge in [-0.05, 0) is 31.0 Å². The molecule has 0 fully saturated rings. The maximum Gasteiger partial charge on any atom is 0.0956 e. The first-order valence-corrected chi connectivity index (χ1v) is 8.23. The maximum absolute atomic E-state index is 8.79. The van der Waals surface area contributed by atoms with E-state index in [0.717, 1.165) is 49.2 Å².